The Labute approximate surface area is 170 Å². The molecule has 0 saturated heterocycles. The molecule has 9 heteroatoms. The molecule has 29 heavy (non-hydrogen) atoms. The molecule has 0 bridgehead atoms. The molecule has 8 nitrogen and oxygen atoms in total. The summed E-state index contributed by atoms with van der Waals surface area (Å²) in [6.07, 6.45) is -1.65. The van der Waals surface area contributed by atoms with Crippen molar-refractivity contribution in [3.05, 3.63) is 53.6 Å². The number of aryl methyl sites for hydroxylation is 1. The summed E-state index contributed by atoms with van der Waals surface area (Å²) in [5.74, 6) is -0.742. The topological polar surface area (TPSA) is 122 Å². The monoisotopic (exact) mass is 423 g/mol. The van der Waals surface area contributed by atoms with Crippen LogP contribution in [0.1, 0.15) is 31.1 Å². The number of benzene rings is 2. The Morgan fingerprint density at radius 3 is 2.17 bits per heavy atom. The molecule has 0 aliphatic carbocycles. The van der Waals surface area contributed by atoms with E-state index in [1.54, 1.807) is 39.0 Å². The average molecular weight is 423 g/mol. The van der Waals surface area contributed by atoms with Crippen molar-refractivity contribution < 1.29 is 32.9 Å². The Kier molecular flexibility index (Phi) is 7.60. The van der Waals surface area contributed by atoms with Crippen molar-refractivity contribution in [1.82, 2.24) is 4.72 Å². The number of aliphatic hydroxyl groups excluding tert-OH is 1. The first-order chi connectivity index (χ1) is 13.7. The molecule has 0 spiro atoms. The Hall–Kier alpha value is -2.62. The number of carbonyl (C=O) groups is 1. The van der Waals surface area contributed by atoms with Gasteiger partial charge < -0.3 is 19.7 Å². The Bertz CT molecular complexity index is 942. The van der Waals surface area contributed by atoms with Gasteiger partial charge in [0.25, 0.3) is 0 Å². The zero-order valence-corrected chi connectivity index (χ0v) is 17.3. The molecular formula is C20H25NO7S. The van der Waals surface area contributed by atoms with Crippen LogP contribution >= 0.6 is 0 Å². The number of carboxylic acid groups (broad SMARTS) is 1. The fourth-order valence-electron chi connectivity index (χ4n) is 2.65. The maximum absolute atomic E-state index is 12.6. The lowest BCUT2D eigenvalue weighted by Crippen LogP contribution is -2.44. The van der Waals surface area contributed by atoms with E-state index in [2.05, 4.69) is 4.72 Å². The molecule has 158 valence electrons. The lowest BCUT2D eigenvalue weighted by Gasteiger charge is -2.22. The Morgan fingerprint density at radius 2 is 1.62 bits per heavy atom. The van der Waals surface area contributed by atoms with Crippen LogP contribution in [-0.2, 0) is 14.8 Å². The van der Waals surface area contributed by atoms with Crippen LogP contribution in [0.5, 0.6) is 11.5 Å². The summed E-state index contributed by atoms with van der Waals surface area (Å²) in [6, 6.07) is 8.58. The van der Waals surface area contributed by atoms with Gasteiger partial charge >= 0.3 is 5.97 Å². The van der Waals surface area contributed by atoms with E-state index in [1.807, 2.05) is 0 Å². The maximum Gasteiger partial charge on any atom is 0.324 e. The average Bonchev–Trinajstić information content (AvgIpc) is 2.67. The minimum absolute atomic E-state index is 0.0942. The molecule has 0 amide bonds. The number of nitrogens with one attached hydrogen (secondary N) is 1. The van der Waals surface area contributed by atoms with Crippen molar-refractivity contribution in [1.29, 1.82) is 0 Å². The van der Waals surface area contributed by atoms with Gasteiger partial charge in [0.15, 0.2) is 11.5 Å². The summed E-state index contributed by atoms with van der Waals surface area (Å²) in [7, 11) is -4.16. The molecule has 2 atom stereocenters. The third-order valence-electron chi connectivity index (χ3n) is 4.10. The van der Waals surface area contributed by atoms with Crippen LogP contribution < -0.4 is 14.2 Å². The number of carboxylic acids is 1. The van der Waals surface area contributed by atoms with E-state index in [-0.39, 0.29) is 10.5 Å². The second-order valence-corrected chi connectivity index (χ2v) is 7.98. The standard InChI is InChI=1S/C20H25NO7S/c1-4-27-16-11-8-14(12-17(16)28-5-2)19(22)18(20(23)24)21-29(25,26)15-9-6-13(3)7-10-15/h6-12,18-19,21-22H,4-5H2,1-3H3,(H,23,24)/t18-,19+/m0/s1. The van der Waals surface area contributed by atoms with Crippen molar-refractivity contribution in [3.63, 3.8) is 0 Å². The van der Waals surface area contributed by atoms with Crippen LogP contribution in [0.2, 0.25) is 0 Å². The second kappa shape index (κ2) is 9.73. The third kappa shape index (κ3) is 5.69. The zero-order chi connectivity index (χ0) is 21.6. The summed E-state index contributed by atoms with van der Waals surface area (Å²) >= 11 is 0. The number of aliphatic carboxylic acids is 1. The molecule has 0 heterocycles. The van der Waals surface area contributed by atoms with Gasteiger partial charge in [-0.15, -0.1) is 0 Å². The minimum atomic E-state index is -4.16. The highest BCUT2D eigenvalue weighted by molar-refractivity contribution is 7.89. The highest BCUT2D eigenvalue weighted by Gasteiger charge is 2.33. The van der Waals surface area contributed by atoms with Crippen molar-refractivity contribution in [2.75, 3.05) is 13.2 Å². The molecule has 2 rings (SSSR count). The van der Waals surface area contributed by atoms with E-state index >= 15 is 0 Å². The molecule has 0 aromatic heterocycles. The van der Waals surface area contributed by atoms with Gasteiger partial charge in [0.2, 0.25) is 10.0 Å². The van der Waals surface area contributed by atoms with Gasteiger partial charge in [0.05, 0.1) is 18.1 Å². The van der Waals surface area contributed by atoms with Crippen molar-refractivity contribution >= 4 is 16.0 Å². The molecular weight excluding hydrogens is 398 g/mol. The van der Waals surface area contributed by atoms with E-state index in [0.29, 0.717) is 24.7 Å². The third-order valence-corrected chi connectivity index (χ3v) is 5.56. The van der Waals surface area contributed by atoms with Crippen molar-refractivity contribution in [2.45, 2.75) is 37.8 Å². The molecule has 2 aromatic rings. The predicted octanol–water partition coefficient (Wildman–Crippen LogP) is 2.26. The van der Waals surface area contributed by atoms with Gasteiger partial charge in [0.1, 0.15) is 12.1 Å². The molecule has 3 N–H and O–H groups in total. The first-order valence-electron chi connectivity index (χ1n) is 9.09. The van der Waals surface area contributed by atoms with E-state index in [1.165, 1.54) is 24.3 Å². The van der Waals surface area contributed by atoms with Gasteiger partial charge in [0, 0.05) is 0 Å². The maximum atomic E-state index is 12.6. The number of aliphatic hydroxyl groups is 1. The first kappa shape index (κ1) is 22.7. The number of sulfonamides is 1. The molecule has 2 aromatic carbocycles. The van der Waals surface area contributed by atoms with Gasteiger partial charge in [-0.05, 0) is 50.6 Å². The number of ether oxygens (including phenoxy) is 2. The highest BCUT2D eigenvalue weighted by Crippen LogP contribution is 2.32. The minimum Gasteiger partial charge on any atom is -0.490 e. The molecule has 0 radical (unpaired) electrons. The van der Waals surface area contributed by atoms with E-state index < -0.39 is 28.1 Å². The number of rotatable bonds is 10. The number of hydrogen-bond donors (Lipinski definition) is 3. The van der Waals surface area contributed by atoms with Crippen LogP contribution in [0.3, 0.4) is 0 Å². The van der Waals surface area contributed by atoms with Crippen molar-refractivity contribution in [2.24, 2.45) is 0 Å². The SMILES string of the molecule is CCOc1ccc([C@@H](O)[C@H](NS(=O)(=O)c2ccc(C)cc2)C(=O)O)cc1OCC. The van der Waals surface area contributed by atoms with Crippen molar-refractivity contribution in [3.8, 4) is 11.5 Å². The Balaban J connectivity index is 2.34. The summed E-state index contributed by atoms with van der Waals surface area (Å²) in [5.41, 5.74) is 1.03. The lowest BCUT2D eigenvalue weighted by molar-refractivity contribution is -0.141. The molecule has 0 aliphatic heterocycles. The highest BCUT2D eigenvalue weighted by atomic mass is 32.2. The zero-order valence-electron chi connectivity index (χ0n) is 16.5. The molecule has 0 fully saturated rings. The van der Waals surface area contributed by atoms with Crippen LogP contribution in [0, 0.1) is 6.92 Å². The van der Waals surface area contributed by atoms with Crippen LogP contribution in [0.15, 0.2) is 47.4 Å². The number of hydrogen-bond acceptors (Lipinski definition) is 6. The second-order valence-electron chi connectivity index (χ2n) is 6.27. The molecule has 0 aliphatic rings. The first-order valence-corrected chi connectivity index (χ1v) is 10.6. The molecule has 0 unspecified atom stereocenters. The lowest BCUT2D eigenvalue weighted by atomic mass is 10.0. The normalized spacial score (nSPS) is 13.5. The summed E-state index contributed by atoms with van der Waals surface area (Å²) < 4.78 is 38.1. The largest absolute Gasteiger partial charge is 0.490 e. The fourth-order valence-corrected chi connectivity index (χ4v) is 3.84. The fraction of sp³-hybridized carbons (Fsp3) is 0.350. The van der Waals surface area contributed by atoms with Gasteiger partial charge in [-0.3, -0.25) is 4.79 Å². The summed E-state index contributed by atoms with van der Waals surface area (Å²) in [4.78, 5) is 11.6. The van der Waals surface area contributed by atoms with E-state index in [0.717, 1.165) is 5.56 Å². The van der Waals surface area contributed by atoms with Gasteiger partial charge in [-0.1, -0.05) is 23.8 Å². The quantitative estimate of drug-likeness (QED) is 0.536. The van der Waals surface area contributed by atoms with Crippen LogP contribution in [0.4, 0.5) is 0 Å². The smallest absolute Gasteiger partial charge is 0.324 e. The van der Waals surface area contributed by atoms with Crippen LogP contribution in [-0.4, -0.2) is 43.9 Å². The van der Waals surface area contributed by atoms with Crippen LogP contribution in [0.25, 0.3) is 0 Å². The van der Waals surface area contributed by atoms with E-state index in [4.69, 9.17) is 9.47 Å². The van der Waals surface area contributed by atoms with E-state index in [9.17, 15) is 23.4 Å². The van der Waals surface area contributed by atoms with Gasteiger partial charge in [-0.25, -0.2) is 8.42 Å². The van der Waals surface area contributed by atoms with Gasteiger partial charge in [-0.2, -0.15) is 4.72 Å². The predicted molar refractivity (Wildman–Crippen MR) is 107 cm³/mol. The Morgan fingerprint density at radius 1 is 1.03 bits per heavy atom. The molecule has 0 saturated carbocycles. The summed E-state index contributed by atoms with van der Waals surface area (Å²) in [6.45, 7) is 6.11. The summed E-state index contributed by atoms with van der Waals surface area (Å²) in [5, 5.41) is 20.1.